The molecule has 1 aromatic carbocycles. The lowest BCUT2D eigenvalue weighted by Crippen LogP contribution is -2.34. The number of aromatic nitrogens is 1. The Morgan fingerprint density at radius 3 is 2.52 bits per heavy atom. The van der Waals surface area contributed by atoms with E-state index in [1.54, 1.807) is 18.3 Å². The van der Waals surface area contributed by atoms with E-state index in [0.29, 0.717) is 29.0 Å². The Hall–Kier alpha value is -2.73. The van der Waals surface area contributed by atoms with Crippen molar-refractivity contribution in [1.82, 2.24) is 15.6 Å². The number of rotatable bonds is 5. The molecule has 0 aliphatic carbocycles. The summed E-state index contributed by atoms with van der Waals surface area (Å²) in [5.41, 5.74) is 1.21. The Bertz CT molecular complexity index is 825. The molecule has 0 radical (unpaired) electrons. The monoisotopic (exact) mass is 325 g/mol. The number of nitrogens with one attached hydrogen (secondary N) is 2. The summed E-state index contributed by atoms with van der Waals surface area (Å²) in [7, 11) is 0. The Labute approximate surface area is 137 Å². The summed E-state index contributed by atoms with van der Waals surface area (Å²) in [5, 5.41) is 8.35. The molecule has 3 aromatic rings. The third kappa shape index (κ3) is 3.54. The molecule has 2 aromatic heterocycles. The highest BCUT2D eigenvalue weighted by atomic mass is 32.1. The molecule has 0 saturated carbocycles. The van der Waals surface area contributed by atoms with Crippen LogP contribution in [0.4, 0.5) is 0 Å². The molecule has 0 aliphatic heterocycles. The highest BCUT2D eigenvalue weighted by Gasteiger charge is 2.10. The van der Waals surface area contributed by atoms with Crippen molar-refractivity contribution in [2.75, 3.05) is 13.1 Å². The molecule has 0 unspecified atom stereocenters. The van der Waals surface area contributed by atoms with Crippen LogP contribution in [0.15, 0.2) is 54.0 Å². The summed E-state index contributed by atoms with van der Waals surface area (Å²) in [5.74, 6) is -0.319. The van der Waals surface area contributed by atoms with Crippen molar-refractivity contribution < 1.29 is 9.59 Å². The molecule has 23 heavy (non-hydrogen) atoms. The molecule has 6 heteroatoms. The van der Waals surface area contributed by atoms with Crippen molar-refractivity contribution in [3.05, 3.63) is 64.5 Å². The molecule has 2 N–H and O–H groups in total. The Kier molecular flexibility index (Phi) is 4.63. The van der Waals surface area contributed by atoms with E-state index in [4.69, 9.17) is 0 Å². The number of pyridine rings is 1. The van der Waals surface area contributed by atoms with Gasteiger partial charge in [-0.05, 0) is 23.6 Å². The maximum Gasteiger partial charge on any atom is 0.261 e. The normalized spacial score (nSPS) is 10.4. The molecule has 0 bridgehead atoms. The molecular weight excluding hydrogens is 310 g/mol. The first-order valence-corrected chi connectivity index (χ1v) is 8.07. The molecule has 116 valence electrons. The summed E-state index contributed by atoms with van der Waals surface area (Å²) in [6.45, 7) is 0.736. The predicted octanol–water partition coefficient (Wildman–Crippen LogP) is 2.46. The molecular formula is C17H15N3O2S. The number of fused-ring (bicyclic) bond motifs is 1. The topological polar surface area (TPSA) is 71.1 Å². The van der Waals surface area contributed by atoms with Gasteiger partial charge in [-0.1, -0.05) is 24.3 Å². The molecule has 5 nitrogen and oxygen atoms in total. The summed E-state index contributed by atoms with van der Waals surface area (Å²) < 4.78 is 0. The fourth-order valence-electron chi connectivity index (χ4n) is 2.23. The third-order valence-electron chi connectivity index (χ3n) is 3.32. The van der Waals surface area contributed by atoms with E-state index in [0.717, 1.165) is 5.39 Å². The number of amides is 2. The number of benzene rings is 1. The van der Waals surface area contributed by atoms with Gasteiger partial charge >= 0.3 is 0 Å². The van der Waals surface area contributed by atoms with Crippen LogP contribution in [0, 0.1) is 0 Å². The van der Waals surface area contributed by atoms with Gasteiger partial charge in [0.05, 0.1) is 16.0 Å². The largest absolute Gasteiger partial charge is 0.350 e. The first-order valence-electron chi connectivity index (χ1n) is 7.19. The van der Waals surface area contributed by atoms with E-state index < -0.39 is 0 Å². The van der Waals surface area contributed by atoms with Crippen molar-refractivity contribution in [1.29, 1.82) is 0 Å². The highest BCUT2D eigenvalue weighted by molar-refractivity contribution is 7.12. The van der Waals surface area contributed by atoms with Gasteiger partial charge in [-0.15, -0.1) is 11.3 Å². The van der Waals surface area contributed by atoms with E-state index in [1.807, 2.05) is 35.7 Å². The van der Waals surface area contributed by atoms with Crippen LogP contribution in [-0.2, 0) is 0 Å². The number of thiophene rings is 1. The van der Waals surface area contributed by atoms with Gasteiger partial charge in [0, 0.05) is 24.7 Å². The maximum atomic E-state index is 12.3. The van der Waals surface area contributed by atoms with Gasteiger partial charge in [0.25, 0.3) is 11.8 Å². The first-order chi connectivity index (χ1) is 11.3. The second kappa shape index (κ2) is 7.02. The van der Waals surface area contributed by atoms with E-state index in [9.17, 15) is 9.59 Å². The molecule has 2 amide bonds. The van der Waals surface area contributed by atoms with Crippen molar-refractivity contribution >= 4 is 34.1 Å². The molecule has 0 atom stereocenters. The number of hydrogen-bond acceptors (Lipinski definition) is 4. The molecule has 2 heterocycles. The second-order valence-corrected chi connectivity index (χ2v) is 5.82. The number of nitrogens with zero attached hydrogens (tertiary/aromatic N) is 1. The van der Waals surface area contributed by atoms with Crippen molar-refractivity contribution in [3.8, 4) is 0 Å². The van der Waals surface area contributed by atoms with Crippen LogP contribution in [0.5, 0.6) is 0 Å². The summed E-state index contributed by atoms with van der Waals surface area (Å²) in [6.07, 6.45) is 1.67. The van der Waals surface area contributed by atoms with E-state index in [-0.39, 0.29) is 11.8 Å². The Morgan fingerprint density at radius 1 is 0.957 bits per heavy atom. The Morgan fingerprint density at radius 2 is 1.74 bits per heavy atom. The molecule has 3 rings (SSSR count). The standard InChI is InChI=1S/C17H15N3O2S/c21-16(13-6-1-4-12-5-2-8-18-15(12)13)19-9-10-20-17(22)14-7-3-11-23-14/h1-8,11H,9-10H2,(H,19,21)(H,20,22). The predicted molar refractivity (Wildman–Crippen MR) is 90.7 cm³/mol. The zero-order valence-electron chi connectivity index (χ0n) is 12.3. The molecule has 0 saturated heterocycles. The molecule has 0 spiro atoms. The fraction of sp³-hybridized carbons (Fsp3) is 0.118. The minimum absolute atomic E-state index is 0.124. The summed E-state index contributed by atoms with van der Waals surface area (Å²) >= 11 is 1.39. The second-order valence-electron chi connectivity index (χ2n) is 4.87. The van der Waals surface area contributed by atoms with E-state index in [2.05, 4.69) is 15.6 Å². The average molecular weight is 325 g/mol. The number of carbonyl (C=O) groups excluding carboxylic acids is 2. The van der Waals surface area contributed by atoms with Crippen molar-refractivity contribution in [3.63, 3.8) is 0 Å². The van der Waals surface area contributed by atoms with Crippen LogP contribution in [0.25, 0.3) is 10.9 Å². The number of carbonyl (C=O) groups is 2. The van der Waals surface area contributed by atoms with Gasteiger partial charge in [0.15, 0.2) is 0 Å². The maximum absolute atomic E-state index is 12.3. The van der Waals surface area contributed by atoms with Crippen LogP contribution in [-0.4, -0.2) is 29.9 Å². The van der Waals surface area contributed by atoms with Gasteiger partial charge in [-0.2, -0.15) is 0 Å². The zero-order valence-corrected chi connectivity index (χ0v) is 13.1. The van der Waals surface area contributed by atoms with Gasteiger partial charge in [-0.25, -0.2) is 0 Å². The van der Waals surface area contributed by atoms with Crippen molar-refractivity contribution in [2.24, 2.45) is 0 Å². The lowest BCUT2D eigenvalue weighted by Gasteiger charge is -2.08. The van der Waals surface area contributed by atoms with Crippen LogP contribution in [0.2, 0.25) is 0 Å². The van der Waals surface area contributed by atoms with Crippen LogP contribution < -0.4 is 10.6 Å². The fourth-order valence-corrected chi connectivity index (χ4v) is 2.87. The van der Waals surface area contributed by atoms with Crippen LogP contribution in [0.1, 0.15) is 20.0 Å². The zero-order chi connectivity index (χ0) is 16.1. The average Bonchev–Trinajstić information content (AvgIpc) is 3.12. The summed E-state index contributed by atoms with van der Waals surface area (Å²) in [6, 6.07) is 12.8. The van der Waals surface area contributed by atoms with E-state index >= 15 is 0 Å². The first kappa shape index (κ1) is 15.2. The number of para-hydroxylation sites is 1. The van der Waals surface area contributed by atoms with Gasteiger partial charge in [0.1, 0.15) is 0 Å². The van der Waals surface area contributed by atoms with Crippen LogP contribution in [0.3, 0.4) is 0 Å². The minimum Gasteiger partial charge on any atom is -0.350 e. The molecule has 0 aliphatic rings. The van der Waals surface area contributed by atoms with Gasteiger partial charge in [0.2, 0.25) is 0 Å². The van der Waals surface area contributed by atoms with Gasteiger partial charge < -0.3 is 10.6 Å². The highest BCUT2D eigenvalue weighted by Crippen LogP contribution is 2.15. The number of hydrogen-bond donors (Lipinski definition) is 2. The third-order valence-corrected chi connectivity index (χ3v) is 4.19. The lowest BCUT2D eigenvalue weighted by molar-refractivity contribution is 0.0930. The van der Waals surface area contributed by atoms with Crippen LogP contribution >= 0.6 is 11.3 Å². The van der Waals surface area contributed by atoms with Gasteiger partial charge in [-0.3, -0.25) is 14.6 Å². The minimum atomic E-state index is -0.195. The quantitative estimate of drug-likeness (QED) is 0.708. The smallest absolute Gasteiger partial charge is 0.261 e. The Balaban J connectivity index is 1.56. The lowest BCUT2D eigenvalue weighted by atomic mass is 10.1. The SMILES string of the molecule is O=C(NCCNC(=O)c1cccc2cccnc12)c1cccs1. The summed E-state index contributed by atoms with van der Waals surface area (Å²) in [4.78, 5) is 29.0. The molecule has 0 fully saturated rings. The van der Waals surface area contributed by atoms with Crippen molar-refractivity contribution in [2.45, 2.75) is 0 Å². The van der Waals surface area contributed by atoms with E-state index in [1.165, 1.54) is 11.3 Å².